The van der Waals surface area contributed by atoms with Crippen LogP contribution in [0.1, 0.15) is 31.1 Å². The van der Waals surface area contributed by atoms with Crippen molar-refractivity contribution in [1.29, 1.82) is 0 Å². The van der Waals surface area contributed by atoms with Crippen LogP contribution in [-0.2, 0) is 6.42 Å². The van der Waals surface area contributed by atoms with E-state index in [1.165, 1.54) is 5.56 Å². The molecule has 94 valence electrons. The van der Waals surface area contributed by atoms with Gasteiger partial charge in [-0.3, -0.25) is 0 Å². The first-order valence-corrected chi connectivity index (χ1v) is 6.24. The number of benzene rings is 2. The van der Waals surface area contributed by atoms with Gasteiger partial charge in [-0.05, 0) is 48.7 Å². The van der Waals surface area contributed by atoms with Gasteiger partial charge in [0.05, 0.1) is 6.10 Å². The molecule has 0 amide bonds. The van der Waals surface area contributed by atoms with E-state index >= 15 is 0 Å². The Morgan fingerprint density at radius 3 is 1.89 bits per heavy atom. The topological polar surface area (TPSA) is 29.5 Å². The third kappa shape index (κ3) is 3.11. The van der Waals surface area contributed by atoms with E-state index in [9.17, 15) is 5.11 Å². The molecule has 0 heterocycles. The highest BCUT2D eigenvalue weighted by Gasteiger charge is 2.01. The van der Waals surface area contributed by atoms with Crippen LogP contribution in [-0.4, -0.2) is 5.11 Å². The van der Waals surface area contributed by atoms with E-state index in [0.717, 1.165) is 23.5 Å². The number of hydrogen-bond acceptors (Lipinski definition) is 2. The number of aryl methyl sites for hydroxylation is 1. The standard InChI is InChI=1S/C16H18O2/c1-3-13-4-8-15(9-5-13)18-16-10-6-14(7-11-16)12(2)17/h4-12,17H,3H2,1-2H3/t12-/m0/s1. The van der Waals surface area contributed by atoms with Gasteiger partial charge in [-0.2, -0.15) is 0 Å². The highest BCUT2D eigenvalue weighted by atomic mass is 16.5. The van der Waals surface area contributed by atoms with Gasteiger partial charge in [0.1, 0.15) is 11.5 Å². The summed E-state index contributed by atoms with van der Waals surface area (Å²) in [5.74, 6) is 1.61. The highest BCUT2D eigenvalue weighted by Crippen LogP contribution is 2.23. The molecule has 1 N–H and O–H groups in total. The van der Waals surface area contributed by atoms with Gasteiger partial charge >= 0.3 is 0 Å². The van der Waals surface area contributed by atoms with Gasteiger partial charge in [0.2, 0.25) is 0 Å². The molecule has 0 aliphatic carbocycles. The van der Waals surface area contributed by atoms with Crippen molar-refractivity contribution < 1.29 is 9.84 Å². The molecule has 0 aliphatic rings. The Labute approximate surface area is 108 Å². The molecule has 0 saturated carbocycles. The Hall–Kier alpha value is -1.80. The van der Waals surface area contributed by atoms with Crippen molar-refractivity contribution in [2.75, 3.05) is 0 Å². The summed E-state index contributed by atoms with van der Waals surface area (Å²) < 4.78 is 5.73. The molecule has 1 atom stereocenters. The summed E-state index contributed by atoms with van der Waals surface area (Å²) >= 11 is 0. The van der Waals surface area contributed by atoms with Crippen molar-refractivity contribution in [3.63, 3.8) is 0 Å². The van der Waals surface area contributed by atoms with Crippen LogP contribution in [0.5, 0.6) is 11.5 Å². The van der Waals surface area contributed by atoms with Gasteiger partial charge in [-0.15, -0.1) is 0 Å². The van der Waals surface area contributed by atoms with E-state index in [-0.39, 0.29) is 0 Å². The molecule has 2 heteroatoms. The molecule has 2 aromatic rings. The molecule has 18 heavy (non-hydrogen) atoms. The van der Waals surface area contributed by atoms with Crippen LogP contribution in [0.2, 0.25) is 0 Å². The molecule has 0 unspecified atom stereocenters. The van der Waals surface area contributed by atoms with Crippen molar-refractivity contribution in [2.45, 2.75) is 26.4 Å². The monoisotopic (exact) mass is 242 g/mol. The summed E-state index contributed by atoms with van der Waals surface area (Å²) in [6.07, 6.45) is 0.589. The number of hydrogen-bond donors (Lipinski definition) is 1. The van der Waals surface area contributed by atoms with Crippen molar-refractivity contribution in [1.82, 2.24) is 0 Å². The van der Waals surface area contributed by atoms with Gasteiger partial charge in [-0.1, -0.05) is 31.2 Å². The first-order valence-electron chi connectivity index (χ1n) is 6.24. The van der Waals surface area contributed by atoms with Gasteiger partial charge in [0.25, 0.3) is 0 Å². The molecule has 0 spiro atoms. The summed E-state index contributed by atoms with van der Waals surface area (Å²) in [6, 6.07) is 15.6. The fourth-order valence-electron chi connectivity index (χ4n) is 1.74. The minimum absolute atomic E-state index is 0.442. The third-order valence-corrected chi connectivity index (χ3v) is 2.93. The van der Waals surface area contributed by atoms with E-state index in [0.29, 0.717) is 0 Å². The molecule has 0 saturated heterocycles. The molecular formula is C16H18O2. The van der Waals surface area contributed by atoms with Crippen LogP contribution in [0, 0.1) is 0 Å². The first kappa shape index (κ1) is 12.7. The van der Waals surface area contributed by atoms with Crippen LogP contribution in [0.4, 0.5) is 0 Å². The molecule has 2 nitrogen and oxygen atoms in total. The van der Waals surface area contributed by atoms with Crippen molar-refractivity contribution in [3.8, 4) is 11.5 Å². The average Bonchev–Trinajstić information content (AvgIpc) is 2.40. The van der Waals surface area contributed by atoms with Crippen LogP contribution in [0.3, 0.4) is 0 Å². The van der Waals surface area contributed by atoms with Crippen molar-refractivity contribution >= 4 is 0 Å². The van der Waals surface area contributed by atoms with E-state index < -0.39 is 6.10 Å². The van der Waals surface area contributed by atoms with E-state index in [1.807, 2.05) is 36.4 Å². The zero-order valence-electron chi connectivity index (χ0n) is 10.8. The van der Waals surface area contributed by atoms with E-state index in [2.05, 4.69) is 19.1 Å². The minimum atomic E-state index is -0.442. The lowest BCUT2D eigenvalue weighted by Gasteiger charge is -2.08. The summed E-state index contributed by atoms with van der Waals surface area (Å²) in [5.41, 5.74) is 2.19. The second kappa shape index (κ2) is 5.69. The van der Waals surface area contributed by atoms with Crippen molar-refractivity contribution in [3.05, 3.63) is 59.7 Å². The fraction of sp³-hybridized carbons (Fsp3) is 0.250. The number of aliphatic hydroxyl groups is 1. The molecular weight excluding hydrogens is 224 g/mol. The lowest BCUT2D eigenvalue weighted by Crippen LogP contribution is -1.91. The summed E-state index contributed by atoms with van der Waals surface area (Å²) in [7, 11) is 0. The van der Waals surface area contributed by atoms with Crippen LogP contribution < -0.4 is 4.74 Å². The minimum Gasteiger partial charge on any atom is -0.457 e. The smallest absolute Gasteiger partial charge is 0.127 e. The molecule has 2 aromatic carbocycles. The Morgan fingerprint density at radius 2 is 1.44 bits per heavy atom. The summed E-state index contributed by atoms with van der Waals surface area (Å²) in [6.45, 7) is 3.88. The van der Waals surface area contributed by atoms with E-state index in [1.54, 1.807) is 6.92 Å². The first-order chi connectivity index (χ1) is 8.69. The zero-order valence-corrected chi connectivity index (χ0v) is 10.8. The Bertz CT molecular complexity index is 484. The Morgan fingerprint density at radius 1 is 0.944 bits per heavy atom. The SMILES string of the molecule is CCc1ccc(Oc2ccc([C@H](C)O)cc2)cc1. The second-order valence-electron chi connectivity index (χ2n) is 4.34. The predicted octanol–water partition coefficient (Wildman–Crippen LogP) is 4.09. The lowest BCUT2D eigenvalue weighted by molar-refractivity contribution is 0.199. The Balaban J connectivity index is 2.08. The predicted molar refractivity (Wildman–Crippen MR) is 73.0 cm³/mol. The Kier molecular flexibility index (Phi) is 4.00. The maximum absolute atomic E-state index is 9.42. The van der Waals surface area contributed by atoms with Gasteiger partial charge < -0.3 is 9.84 Å². The molecule has 0 aromatic heterocycles. The van der Waals surface area contributed by atoms with Gasteiger partial charge in [-0.25, -0.2) is 0 Å². The quantitative estimate of drug-likeness (QED) is 0.874. The highest BCUT2D eigenvalue weighted by molar-refractivity contribution is 5.34. The van der Waals surface area contributed by atoms with Crippen LogP contribution in [0.15, 0.2) is 48.5 Å². The maximum Gasteiger partial charge on any atom is 0.127 e. The molecule has 2 rings (SSSR count). The van der Waals surface area contributed by atoms with Crippen molar-refractivity contribution in [2.24, 2.45) is 0 Å². The number of ether oxygens (including phenoxy) is 1. The average molecular weight is 242 g/mol. The normalized spacial score (nSPS) is 12.2. The molecule has 0 aliphatic heterocycles. The summed E-state index contributed by atoms with van der Waals surface area (Å²) in [5, 5.41) is 9.42. The third-order valence-electron chi connectivity index (χ3n) is 2.93. The molecule has 0 bridgehead atoms. The van der Waals surface area contributed by atoms with Gasteiger partial charge in [0.15, 0.2) is 0 Å². The summed E-state index contributed by atoms with van der Waals surface area (Å²) in [4.78, 5) is 0. The molecule has 0 radical (unpaired) electrons. The van der Waals surface area contributed by atoms with E-state index in [4.69, 9.17) is 4.74 Å². The fourth-order valence-corrected chi connectivity index (χ4v) is 1.74. The number of rotatable bonds is 4. The zero-order chi connectivity index (χ0) is 13.0. The lowest BCUT2D eigenvalue weighted by atomic mass is 10.1. The van der Waals surface area contributed by atoms with Crippen LogP contribution in [0.25, 0.3) is 0 Å². The van der Waals surface area contributed by atoms with Crippen LogP contribution >= 0.6 is 0 Å². The van der Waals surface area contributed by atoms with Gasteiger partial charge in [0, 0.05) is 0 Å². The maximum atomic E-state index is 9.42. The molecule has 0 fully saturated rings. The largest absolute Gasteiger partial charge is 0.457 e. The number of aliphatic hydroxyl groups excluding tert-OH is 1. The second-order valence-corrected chi connectivity index (χ2v) is 4.34.